The Labute approximate surface area is 170 Å². The first kappa shape index (κ1) is 19.9. The minimum absolute atomic E-state index is 0.305. The minimum Gasteiger partial charge on any atom is -0.481 e. The third kappa shape index (κ3) is 4.29. The van der Waals surface area contributed by atoms with E-state index in [-0.39, 0.29) is 0 Å². The van der Waals surface area contributed by atoms with Crippen molar-refractivity contribution in [3.63, 3.8) is 0 Å². The number of primary amides is 1. The Morgan fingerprint density at radius 3 is 2.55 bits per heavy atom. The molecule has 1 aromatic heterocycles. The Bertz CT molecular complexity index is 767. The summed E-state index contributed by atoms with van der Waals surface area (Å²) in [6.07, 6.45) is 3.82. The Hall–Kier alpha value is -2.42. The predicted molar refractivity (Wildman–Crippen MR) is 106 cm³/mol. The molecule has 0 radical (unpaired) electrons. The first-order valence-corrected chi connectivity index (χ1v) is 10.4. The second kappa shape index (κ2) is 8.52. The van der Waals surface area contributed by atoms with Gasteiger partial charge < -0.3 is 25.0 Å². The molecule has 0 saturated carbocycles. The van der Waals surface area contributed by atoms with Gasteiger partial charge in [-0.2, -0.15) is 4.98 Å². The van der Waals surface area contributed by atoms with Crippen LogP contribution in [-0.2, 0) is 14.3 Å². The van der Waals surface area contributed by atoms with Gasteiger partial charge in [-0.25, -0.2) is 4.98 Å². The summed E-state index contributed by atoms with van der Waals surface area (Å²) in [6.45, 7) is 4.51. The lowest BCUT2D eigenvalue weighted by molar-refractivity contribution is -0.143. The topological polar surface area (TPSA) is 111 Å². The van der Waals surface area contributed by atoms with Crippen molar-refractivity contribution >= 4 is 17.6 Å². The Morgan fingerprint density at radius 2 is 1.83 bits per heavy atom. The van der Waals surface area contributed by atoms with Crippen molar-refractivity contribution in [2.75, 3.05) is 51.4 Å². The van der Waals surface area contributed by atoms with Crippen LogP contribution in [0.5, 0.6) is 5.88 Å². The van der Waals surface area contributed by atoms with Gasteiger partial charge in [-0.3, -0.25) is 9.59 Å². The lowest BCUT2D eigenvalue weighted by Crippen LogP contribution is -2.39. The van der Waals surface area contributed by atoms with Crippen LogP contribution in [-0.4, -0.2) is 73.2 Å². The monoisotopic (exact) mass is 403 g/mol. The van der Waals surface area contributed by atoms with Gasteiger partial charge in [0.25, 0.3) is 0 Å². The van der Waals surface area contributed by atoms with Gasteiger partial charge >= 0.3 is 11.8 Å². The van der Waals surface area contributed by atoms with E-state index in [1.807, 2.05) is 6.07 Å². The average Bonchev–Trinajstić information content (AvgIpc) is 3.43. The van der Waals surface area contributed by atoms with Crippen LogP contribution in [0.4, 0.5) is 5.82 Å². The summed E-state index contributed by atoms with van der Waals surface area (Å²) < 4.78 is 10.9. The maximum atomic E-state index is 11.9. The molecule has 4 rings (SSSR count). The van der Waals surface area contributed by atoms with Crippen LogP contribution in [0.15, 0.2) is 6.07 Å². The highest BCUT2D eigenvalue weighted by Crippen LogP contribution is 2.34. The van der Waals surface area contributed by atoms with Crippen molar-refractivity contribution in [2.45, 2.75) is 31.6 Å². The van der Waals surface area contributed by atoms with E-state index in [9.17, 15) is 9.59 Å². The Morgan fingerprint density at radius 1 is 1.10 bits per heavy atom. The molecule has 2 N–H and O–H groups in total. The van der Waals surface area contributed by atoms with Gasteiger partial charge in [0, 0.05) is 51.4 Å². The molecule has 0 bridgehead atoms. The van der Waals surface area contributed by atoms with Crippen LogP contribution in [0.1, 0.15) is 37.4 Å². The lowest BCUT2D eigenvalue weighted by atomic mass is 9.91. The molecule has 2 atom stereocenters. The number of likely N-dealkylation sites (tertiary alicyclic amines) is 1. The first-order chi connectivity index (χ1) is 14.0. The van der Waals surface area contributed by atoms with Gasteiger partial charge in [-0.05, 0) is 37.5 Å². The van der Waals surface area contributed by atoms with Gasteiger partial charge in [0.05, 0.1) is 7.11 Å². The molecule has 29 heavy (non-hydrogen) atoms. The summed E-state index contributed by atoms with van der Waals surface area (Å²) in [5.41, 5.74) is 5.14. The van der Waals surface area contributed by atoms with Gasteiger partial charge in [0.15, 0.2) is 0 Å². The van der Waals surface area contributed by atoms with Crippen molar-refractivity contribution in [3.8, 4) is 5.88 Å². The summed E-state index contributed by atoms with van der Waals surface area (Å²) in [4.78, 5) is 36.3. The van der Waals surface area contributed by atoms with Crippen molar-refractivity contribution in [3.05, 3.63) is 11.9 Å². The largest absolute Gasteiger partial charge is 0.481 e. The lowest BCUT2D eigenvalue weighted by Gasteiger charge is -2.24. The molecule has 3 fully saturated rings. The molecular formula is C20H29N5O4. The smallest absolute Gasteiger partial charge is 0.311 e. The maximum Gasteiger partial charge on any atom is 0.311 e. The molecule has 9 nitrogen and oxygen atoms in total. The molecule has 2 amide bonds. The summed E-state index contributed by atoms with van der Waals surface area (Å²) in [5.74, 6) is 2.07. The van der Waals surface area contributed by atoms with E-state index < -0.39 is 11.8 Å². The third-order valence-corrected chi connectivity index (χ3v) is 6.44. The molecule has 0 aromatic carbocycles. The summed E-state index contributed by atoms with van der Waals surface area (Å²) in [6, 6.07) is 1.91. The molecule has 2 unspecified atom stereocenters. The molecule has 3 aliphatic heterocycles. The first-order valence-electron chi connectivity index (χ1n) is 10.4. The molecule has 3 aliphatic rings. The minimum atomic E-state index is -0.868. The summed E-state index contributed by atoms with van der Waals surface area (Å²) in [7, 11) is 1.63. The quantitative estimate of drug-likeness (QED) is 0.731. The highest BCUT2D eigenvalue weighted by Gasteiger charge is 2.37. The molecule has 0 aliphatic carbocycles. The summed E-state index contributed by atoms with van der Waals surface area (Å²) in [5, 5.41) is 0. The van der Waals surface area contributed by atoms with Crippen LogP contribution in [0, 0.1) is 11.8 Å². The van der Waals surface area contributed by atoms with Crippen LogP contribution in [0.25, 0.3) is 0 Å². The molecular weight excluding hydrogens is 374 g/mol. The number of carbonyl (C=O) groups is 2. The van der Waals surface area contributed by atoms with Crippen LogP contribution in [0.3, 0.4) is 0 Å². The molecule has 9 heteroatoms. The number of nitrogens with two attached hydrogens (primary N) is 1. The van der Waals surface area contributed by atoms with E-state index in [2.05, 4.69) is 9.88 Å². The Balaban J connectivity index is 1.43. The van der Waals surface area contributed by atoms with E-state index >= 15 is 0 Å². The zero-order chi connectivity index (χ0) is 20.4. The number of carbonyl (C=O) groups excluding carboxylic acids is 2. The average molecular weight is 403 g/mol. The molecule has 4 heterocycles. The molecule has 3 saturated heterocycles. The van der Waals surface area contributed by atoms with Crippen molar-refractivity contribution in [2.24, 2.45) is 17.6 Å². The fourth-order valence-electron chi connectivity index (χ4n) is 4.73. The SMILES string of the molecule is COc1cc(N2CCC(C3CCN(C(=O)C(N)=O)C3)C2)nc(C2CCOCC2)n1. The van der Waals surface area contributed by atoms with Crippen LogP contribution in [0.2, 0.25) is 0 Å². The fraction of sp³-hybridized carbons (Fsp3) is 0.700. The van der Waals surface area contributed by atoms with E-state index in [0.717, 1.165) is 63.6 Å². The number of hydrogen-bond donors (Lipinski definition) is 1. The van der Waals surface area contributed by atoms with E-state index in [1.165, 1.54) is 0 Å². The van der Waals surface area contributed by atoms with Crippen molar-refractivity contribution in [1.82, 2.24) is 14.9 Å². The maximum absolute atomic E-state index is 11.9. The van der Waals surface area contributed by atoms with Crippen molar-refractivity contribution in [1.29, 1.82) is 0 Å². The number of amides is 2. The number of rotatable bonds is 4. The second-order valence-electron chi connectivity index (χ2n) is 8.17. The normalized spacial score (nSPS) is 25.4. The van der Waals surface area contributed by atoms with Gasteiger partial charge in [-0.15, -0.1) is 0 Å². The highest BCUT2D eigenvalue weighted by atomic mass is 16.5. The third-order valence-electron chi connectivity index (χ3n) is 6.44. The number of aromatic nitrogens is 2. The molecule has 1 aromatic rings. The number of nitrogens with zero attached hydrogens (tertiary/aromatic N) is 4. The van der Waals surface area contributed by atoms with Gasteiger partial charge in [-0.1, -0.05) is 0 Å². The second-order valence-corrected chi connectivity index (χ2v) is 8.17. The van der Waals surface area contributed by atoms with E-state index in [0.29, 0.717) is 36.7 Å². The summed E-state index contributed by atoms with van der Waals surface area (Å²) >= 11 is 0. The van der Waals surface area contributed by atoms with Gasteiger partial charge in [0.1, 0.15) is 11.6 Å². The predicted octanol–water partition coefficient (Wildman–Crippen LogP) is 0.539. The Kier molecular flexibility index (Phi) is 5.84. The number of anilines is 1. The standard InChI is InChI=1S/C20H29N5O4/c1-28-17-10-16(22-19(23-17)13-4-8-29-9-5-13)24-6-2-14(11-24)15-3-7-25(12-15)20(27)18(21)26/h10,13-15H,2-9,11-12H2,1H3,(H2,21,26). The fourth-order valence-corrected chi connectivity index (χ4v) is 4.73. The zero-order valence-corrected chi connectivity index (χ0v) is 16.9. The zero-order valence-electron chi connectivity index (χ0n) is 16.9. The van der Waals surface area contributed by atoms with Crippen LogP contribution >= 0.6 is 0 Å². The van der Waals surface area contributed by atoms with E-state index in [1.54, 1.807) is 12.0 Å². The van der Waals surface area contributed by atoms with Gasteiger partial charge in [0.2, 0.25) is 5.88 Å². The van der Waals surface area contributed by atoms with Crippen molar-refractivity contribution < 1.29 is 19.1 Å². The number of methoxy groups -OCH3 is 1. The molecule has 0 spiro atoms. The number of hydrogen-bond acceptors (Lipinski definition) is 7. The highest BCUT2D eigenvalue weighted by molar-refractivity contribution is 6.34. The molecule has 158 valence electrons. The van der Waals surface area contributed by atoms with E-state index in [4.69, 9.17) is 20.2 Å². The number of ether oxygens (including phenoxy) is 2. The van der Waals surface area contributed by atoms with Crippen LogP contribution < -0.4 is 15.4 Å².